The largest absolute Gasteiger partial charge is 0.490 e. The van der Waals surface area contributed by atoms with Crippen molar-refractivity contribution in [2.24, 2.45) is 0 Å². The molecule has 1 unspecified atom stereocenters. The summed E-state index contributed by atoms with van der Waals surface area (Å²) < 4.78 is 11.5. The Morgan fingerprint density at radius 1 is 1.37 bits per heavy atom. The summed E-state index contributed by atoms with van der Waals surface area (Å²) in [4.78, 5) is 2.37. The maximum Gasteiger partial charge on any atom is 0.142 e. The quantitative estimate of drug-likeness (QED) is 0.786. The number of aryl methyl sites for hydroxylation is 1. The Labute approximate surface area is 116 Å². The number of fused-ring (bicyclic) bond motifs is 1. The molecule has 0 bridgehead atoms. The molecule has 0 fully saturated rings. The van der Waals surface area contributed by atoms with Gasteiger partial charge in [0.15, 0.2) is 0 Å². The predicted molar refractivity (Wildman–Crippen MR) is 79.2 cm³/mol. The highest BCUT2D eigenvalue weighted by atomic mass is 16.5. The summed E-state index contributed by atoms with van der Waals surface area (Å²) in [6.45, 7) is 9.94. The third-order valence-corrected chi connectivity index (χ3v) is 3.48. The van der Waals surface area contributed by atoms with Gasteiger partial charge in [0, 0.05) is 13.2 Å². The van der Waals surface area contributed by atoms with Crippen molar-refractivity contribution in [1.82, 2.24) is 0 Å². The number of rotatable bonds is 6. The molecule has 106 valence electrons. The van der Waals surface area contributed by atoms with Gasteiger partial charge in [-0.25, -0.2) is 0 Å². The minimum absolute atomic E-state index is 0.261. The summed E-state index contributed by atoms with van der Waals surface area (Å²) in [7, 11) is 0. The Bertz CT molecular complexity index is 406. The lowest BCUT2D eigenvalue weighted by Crippen LogP contribution is -2.38. The predicted octanol–water partition coefficient (Wildman–Crippen LogP) is 3.26. The van der Waals surface area contributed by atoms with Crippen molar-refractivity contribution in [3.63, 3.8) is 0 Å². The molecule has 2 rings (SSSR count). The molecular formula is C16H25NO2. The van der Waals surface area contributed by atoms with Gasteiger partial charge in [0.05, 0.1) is 18.3 Å². The molecule has 1 aliphatic rings. The lowest BCUT2D eigenvalue weighted by molar-refractivity contribution is 0.0699. The molecule has 19 heavy (non-hydrogen) atoms. The van der Waals surface area contributed by atoms with Crippen LogP contribution in [0.15, 0.2) is 18.2 Å². The lowest BCUT2D eigenvalue weighted by Gasteiger charge is -2.33. The molecule has 0 N–H and O–H groups in total. The number of anilines is 1. The zero-order valence-corrected chi connectivity index (χ0v) is 12.3. The van der Waals surface area contributed by atoms with E-state index in [-0.39, 0.29) is 6.10 Å². The molecule has 0 saturated heterocycles. The Morgan fingerprint density at radius 2 is 2.21 bits per heavy atom. The van der Waals surface area contributed by atoms with E-state index >= 15 is 0 Å². The summed E-state index contributed by atoms with van der Waals surface area (Å²) in [6, 6.07) is 6.54. The van der Waals surface area contributed by atoms with E-state index in [0.29, 0.717) is 0 Å². The molecule has 0 spiro atoms. The van der Waals surface area contributed by atoms with Crippen molar-refractivity contribution < 1.29 is 9.47 Å². The highest BCUT2D eigenvalue weighted by molar-refractivity contribution is 5.61. The molecule has 0 radical (unpaired) electrons. The molecular weight excluding hydrogens is 238 g/mol. The lowest BCUT2D eigenvalue weighted by atomic mass is 10.1. The minimum Gasteiger partial charge on any atom is -0.490 e. The fourth-order valence-electron chi connectivity index (χ4n) is 2.41. The zero-order chi connectivity index (χ0) is 13.7. The van der Waals surface area contributed by atoms with Gasteiger partial charge in [-0.15, -0.1) is 0 Å². The van der Waals surface area contributed by atoms with Gasteiger partial charge < -0.3 is 14.4 Å². The van der Waals surface area contributed by atoms with E-state index in [2.05, 4.69) is 43.9 Å². The number of hydrogen-bond donors (Lipinski definition) is 0. The maximum absolute atomic E-state index is 5.78. The van der Waals surface area contributed by atoms with Gasteiger partial charge >= 0.3 is 0 Å². The summed E-state index contributed by atoms with van der Waals surface area (Å²) in [6.07, 6.45) is 2.38. The normalized spacial score (nSPS) is 15.8. The van der Waals surface area contributed by atoms with Crippen LogP contribution in [0, 0.1) is 0 Å². The molecule has 1 heterocycles. The first-order valence-electron chi connectivity index (χ1n) is 7.36. The van der Waals surface area contributed by atoms with Gasteiger partial charge in [0.25, 0.3) is 0 Å². The SMILES string of the molecule is CCCOC(C)CN1CCOc2cc(CC)ccc21. The molecule has 0 saturated carbocycles. The van der Waals surface area contributed by atoms with E-state index in [1.54, 1.807) is 0 Å². The van der Waals surface area contributed by atoms with Crippen LogP contribution in [0.4, 0.5) is 5.69 Å². The molecule has 0 aromatic heterocycles. The van der Waals surface area contributed by atoms with Gasteiger partial charge in [-0.05, 0) is 37.5 Å². The highest BCUT2D eigenvalue weighted by Gasteiger charge is 2.20. The average molecular weight is 263 g/mol. The van der Waals surface area contributed by atoms with Crippen LogP contribution in [-0.4, -0.2) is 32.4 Å². The summed E-state index contributed by atoms with van der Waals surface area (Å²) in [5, 5.41) is 0. The summed E-state index contributed by atoms with van der Waals surface area (Å²) >= 11 is 0. The molecule has 1 aromatic carbocycles. The first-order chi connectivity index (χ1) is 9.24. The van der Waals surface area contributed by atoms with Gasteiger partial charge in [-0.3, -0.25) is 0 Å². The first-order valence-corrected chi connectivity index (χ1v) is 7.36. The number of nitrogens with zero attached hydrogens (tertiary/aromatic N) is 1. The standard InChI is InChI=1S/C16H25NO2/c1-4-9-18-13(3)12-17-8-10-19-16-11-14(5-2)6-7-15(16)17/h6-7,11,13H,4-5,8-10,12H2,1-3H3. The molecule has 1 aromatic rings. The van der Waals surface area contributed by atoms with Crippen molar-refractivity contribution in [2.45, 2.75) is 39.7 Å². The van der Waals surface area contributed by atoms with Crippen molar-refractivity contribution >= 4 is 5.69 Å². The number of benzene rings is 1. The van der Waals surface area contributed by atoms with Crippen LogP contribution >= 0.6 is 0 Å². The number of ether oxygens (including phenoxy) is 2. The molecule has 1 atom stereocenters. The van der Waals surface area contributed by atoms with Crippen LogP contribution in [-0.2, 0) is 11.2 Å². The van der Waals surface area contributed by atoms with E-state index in [0.717, 1.165) is 44.9 Å². The molecule has 3 nitrogen and oxygen atoms in total. The summed E-state index contributed by atoms with van der Waals surface area (Å²) in [5.74, 6) is 1.02. The Kier molecular flexibility index (Phi) is 5.08. The molecule has 0 aliphatic carbocycles. The van der Waals surface area contributed by atoms with E-state index in [1.165, 1.54) is 11.3 Å². The van der Waals surface area contributed by atoms with Gasteiger partial charge in [0.2, 0.25) is 0 Å². The Hall–Kier alpha value is -1.22. The maximum atomic E-state index is 5.78. The van der Waals surface area contributed by atoms with Crippen LogP contribution in [0.5, 0.6) is 5.75 Å². The zero-order valence-electron chi connectivity index (χ0n) is 12.3. The molecule has 3 heteroatoms. The fraction of sp³-hybridized carbons (Fsp3) is 0.625. The van der Waals surface area contributed by atoms with Crippen molar-refractivity contribution in [1.29, 1.82) is 0 Å². The molecule has 0 amide bonds. The third kappa shape index (κ3) is 3.63. The van der Waals surface area contributed by atoms with Crippen LogP contribution < -0.4 is 9.64 Å². The second-order valence-electron chi connectivity index (χ2n) is 5.13. The number of hydrogen-bond acceptors (Lipinski definition) is 3. The average Bonchev–Trinajstić information content (AvgIpc) is 2.44. The van der Waals surface area contributed by atoms with E-state index < -0.39 is 0 Å². The van der Waals surface area contributed by atoms with E-state index in [1.807, 2.05) is 0 Å². The van der Waals surface area contributed by atoms with Gasteiger partial charge in [-0.1, -0.05) is 19.9 Å². The third-order valence-electron chi connectivity index (χ3n) is 3.48. The smallest absolute Gasteiger partial charge is 0.142 e. The first kappa shape index (κ1) is 14.2. The molecule has 1 aliphatic heterocycles. The topological polar surface area (TPSA) is 21.7 Å². The van der Waals surface area contributed by atoms with Crippen LogP contribution in [0.25, 0.3) is 0 Å². The van der Waals surface area contributed by atoms with Crippen molar-refractivity contribution in [2.75, 3.05) is 31.2 Å². The second kappa shape index (κ2) is 6.80. The monoisotopic (exact) mass is 263 g/mol. The van der Waals surface area contributed by atoms with Crippen LogP contribution in [0.1, 0.15) is 32.8 Å². The van der Waals surface area contributed by atoms with Gasteiger partial charge in [-0.2, -0.15) is 0 Å². The van der Waals surface area contributed by atoms with Crippen molar-refractivity contribution in [3.05, 3.63) is 23.8 Å². The fourth-order valence-corrected chi connectivity index (χ4v) is 2.41. The van der Waals surface area contributed by atoms with Crippen LogP contribution in [0.3, 0.4) is 0 Å². The van der Waals surface area contributed by atoms with Gasteiger partial charge in [0.1, 0.15) is 12.4 Å². The van der Waals surface area contributed by atoms with Crippen LogP contribution in [0.2, 0.25) is 0 Å². The summed E-state index contributed by atoms with van der Waals surface area (Å²) in [5.41, 5.74) is 2.53. The van der Waals surface area contributed by atoms with E-state index in [4.69, 9.17) is 9.47 Å². The second-order valence-corrected chi connectivity index (χ2v) is 5.13. The van der Waals surface area contributed by atoms with Crippen molar-refractivity contribution in [3.8, 4) is 5.75 Å². The Morgan fingerprint density at radius 3 is 2.95 bits per heavy atom. The van der Waals surface area contributed by atoms with E-state index in [9.17, 15) is 0 Å². The highest BCUT2D eigenvalue weighted by Crippen LogP contribution is 2.32. The Balaban J connectivity index is 2.05. The minimum atomic E-state index is 0.261.